The molecule has 3 nitrogen and oxygen atoms in total. The lowest BCUT2D eigenvalue weighted by Crippen LogP contribution is -2.04. The Balaban J connectivity index is 3.15. The molecule has 15 heavy (non-hydrogen) atoms. The Hall–Kier alpha value is -1.22. The topological polar surface area (TPSA) is 46.5 Å². The van der Waals surface area contributed by atoms with E-state index in [4.69, 9.17) is 21.4 Å². The van der Waals surface area contributed by atoms with Gasteiger partial charge in [0.1, 0.15) is 5.75 Å². The van der Waals surface area contributed by atoms with Gasteiger partial charge in [-0.05, 0) is 29.7 Å². The first kappa shape index (κ1) is 11.9. The lowest BCUT2D eigenvalue weighted by Gasteiger charge is -2.10. The molecule has 0 bridgehead atoms. The maximum atomic E-state index is 10.6. The molecule has 0 aliphatic heterocycles. The lowest BCUT2D eigenvalue weighted by atomic mass is 10.0. The molecule has 0 atom stereocenters. The molecule has 0 aliphatic carbocycles. The molecule has 0 saturated carbocycles. The molecule has 0 heterocycles. The summed E-state index contributed by atoms with van der Waals surface area (Å²) in [4.78, 5) is 10.6. The third-order valence-corrected chi connectivity index (χ3v) is 2.49. The number of ether oxygens (including phenoxy) is 1. The molecule has 1 aromatic carbocycles. The van der Waals surface area contributed by atoms with Crippen LogP contribution in [0.5, 0.6) is 5.75 Å². The average Bonchev–Trinajstić information content (AvgIpc) is 2.17. The van der Waals surface area contributed by atoms with Crippen LogP contribution >= 0.6 is 11.6 Å². The van der Waals surface area contributed by atoms with Gasteiger partial charge in [0.15, 0.2) is 0 Å². The maximum Gasteiger partial charge on any atom is 0.307 e. The molecule has 1 rings (SSSR count). The van der Waals surface area contributed by atoms with Crippen molar-refractivity contribution >= 4 is 17.6 Å². The Labute approximate surface area is 93.6 Å². The molecule has 0 aliphatic rings. The first-order valence-electron chi connectivity index (χ1n) is 4.65. The third kappa shape index (κ3) is 2.86. The van der Waals surface area contributed by atoms with Crippen molar-refractivity contribution in [3.05, 3.63) is 28.3 Å². The highest BCUT2D eigenvalue weighted by molar-refractivity contribution is 6.32. The van der Waals surface area contributed by atoms with E-state index in [1.807, 2.05) is 6.92 Å². The normalized spacial score (nSPS) is 10.1. The van der Waals surface area contributed by atoms with E-state index in [1.165, 1.54) is 7.11 Å². The zero-order chi connectivity index (χ0) is 11.4. The highest BCUT2D eigenvalue weighted by Gasteiger charge is 2.10. The molecular formula is C11H13ClO3. The highest BCUT2D eigenvalue weighted by atomic mass is 35.5. The van der Waals surface area contributed by atoms with Crippen molar-refractivity contribution in [1.82, 2.24) is 0 Å². The number of hydrogen-bond donors (Lipinski definition) is 1. The summed E-state index contributed by atoms with van der Waals surface area (Å²) < 4.78 is 5.07. The van der Waals surface area contributed by atoms with E-state index in [1.54, 1.807) is 12.1 Å². The Bertz CT molecular complexity index is 374. The van der Waals surface area contributed by atoms with E-state index in [2.05, 4.69) is 0 Å². The first-order valence-corrected chi connectivity index (χ1v) is 5.03. The number of hydrogen-bond acceptors (Lipinski definition) is 2. The summed E-state index contributed by atoms with van der Waals surface area (Å²) in [6.07, 6.45) is 0.753. The van der Waals surface area contributed by atoms with E-state index in [9.17, 15) is 4.79 Å². The van der Waals surface area contributed by atoms with Gasteiger partial charge in [0.25, 0.3) is 0 Å². The van der Waals surface area contributed by atoms with Crippen LogP contribution in [0, 0.1) is 0 Å². The molecule has 0 aromatic heterocycles. The minimum atomic E-state index is -0.856. The van der Waals surface area contributed by atoms with Gasteiger partial charge in [0.2, 0.25) is 0 Å². The van der Waals surface area contributed by atoms with Gasteiger partial charge < -0.3 is 9.84 Å². The Morgan fingerprint density at radius 3 is 2.60 bits per heavy atom. The van der Waals surface area contributed by atoms with Crippen LogP contribution in [-0.4, -0.2) is 18.2 Å². The van der Waals surface area contributed by atoms with Crippen molar-refractivity contribution < 1.29 is 14.6 Å². The van der Waals surface area contributed by atoms with E-state index in [-0.39, 0.29) is 6.42 Å². The summed E-state index contributed by atoms with van der Waals surface area (Å²) in [5, 5.41) is 9.18. The zero-order valence-electron chi connectivity index (χ0n) is 8.71. The number of carboxylic acid groups (broad SMARTS) is 1. The number of carbonyl (C=O) groups is 1. The molecule has 0 saturated heterocycles. The lowest BCUT2D eigenvalue weighted by molar-refractivity contribution is -0.136. The second-order valence-corrected chi connectivity index (χ2v) is 3.59. The van der Waals surface area contributed by atoms with Crippen LogP contribution in [0.2, 0.25) is 5.02 Å². The molecule has 0 spiro atoms. The van der Waals surface area contributed by atoms with Crippen molar-refractivity contribution in [3.8, 4) is 5.75 Å². The van der Waals surface area contributed by atoms with Crippen LogP contribution in [0.15, 0.2) is 12.1 Å². The van der Waals surface area contributed by atoms with E-state index in [0.29, 0.717) is 10.8 Å². The summed E-state index contributed by atoms with van der Waals surface area (Å²) in [5.74, 6) is -0.270. The minimum absolute atomic E-state index is 0.00706. The number of methoxy groups -OCH3 is 1. The fourth-order valence-corrected chi connectivity index (χ4v) is 1.71. The summed E-state index contributed by atoms with van der Waals surface area (Å²) >= 11 is 5.92. The Kier molecular flexibility index (Phi) is 3.97. The third-order valence-electron chi connectivity index (χ3n) is 2.20. The van der Waals surface area contributed by atoms with Gasteiger partial charge in [-0.25, -0.2) is 0 Å². The standard InChI is InChI=1S/C11H13ClO3/c1-3-7-5-10(15-2)9(12)4-8(7)6-11(13)14/h4-5H,3,6H2,1-2H3,(H,13,14). The van der Waals surface area contributed by atoms with Crippen LogP contribution in [-0.2, 0) is 17.6 Å². The molecule has 4 heteroatoms. The summed E-state index contributed by atoms with van der Waals surface area (Å²) in [5.41, 5.74) is 1.70. The molecule has 82 valence electrons. The summed E-state index contributed by atoms with van der Waals surface area (Å²) in [7, 11) is 1.54. The number of aryl methyl sites for hydroxylation is 1. The largest absolute Gasteiger partial charge is 0.495 e. The van der Waals surface area contributed by atoms with Crippen molar-refractivity contribution in [2.45, 2.75) is 19.8 Å². The van der Waals surface area contributed by atoms with Gasteiger partial charge in [0, 0.05) is 0 Å². The number of rotatable bonds is 4. The van der Waals surface area contributed by atoms with Crippen LogP contribution in [0.1, 0.15) is 18.1 Å². The van der Waals surface area contributed by atoms with Crippen LogP contribution in [0.3, 0.4) is 0 Å². The monoisotopic (exact) mass is 228 g/mol. The fourth-order valence-electron chi connectivity index (χ4n) is 1.45. The van der Waals surface area contributed by atoms with Crippen molar-refractivity contribution in [2.75, 3.05) is 7.11 Å². The Morgan fingerprint density at radius 2 is 2.13 bits per heavy atom. The number of aliphatic carboxylic acids is 1. The van der Waals surface area contributed by atoms with E-state index in [0.717, 1.165) is 17.5 Å². The number of carboxylic acids is 1. The SMILES string of the molecule is CCc1cc(OC)c(Cl)cc1CC(=O)O. The van der Waals surface area contributed by atoms with Crippen molar-refractivity contribution in [3.63, 3.8) is 0 Å². The molecule has 0 radical (unpaired) electrons. The maximum absolute atomic E-state index is 10.6. The van der Waals surface area contributed by atoms with E-state index >= 15 is 0 Å². The van der Waals surface area contributed by atoms with Gasteiger partial charge in [-0.3, -0.25) is 4.79 Å². The fraction of sp³-hybridized carbons (Fsp3) is 0.364. The first-order chi connectivity index (χ1) is 7.08. The van der Waals surface area contributed by atoms with Gasteiger partial charge in [-0.15, -0.1) is 0 Å². The predicted molar refractivity (Wildman–Crippen MR) is 58.7 cm³/mol. The van der Waals surface area contributed by atoms with Crippen LogP contribution in [0.4, 0.5) is 0 Å². The van der Waals surface area contributed by atoms with E-state index < -0.39 is 5.97 Å². The molecule has 1 N–H and O–H groups in total. The predicted octanol–water partition coefficient (Wildman–Crippen LogP) is 2.54. The van der Waals surface area contributed by atoms with Crippen LogP contribution in [0.25, 0.3) is 0 Å². The van der Waals surface area contributed by atoms with Gasteiger partial charge in [-0.1, -0.05) is 18.5 Å². The minimum Gasteiger partial charge on any atom is -0.495 e. The number of halogens is 1. The quantitative estimate of drug-likeness (QED) is 0.862. The molecule has 0 unspecified atom stereocenters. The molecule has 0 amide bonds. The summed E-state index contributed by atoms with van der Waals surface area (Å²) in [6, 6.07) is 3.45. The summed E-state index contributed by atoms with van der Waals surface area (Å²) in [6.45, 7) is 1.97. The molecular weight excluding hydrogens is 216 g/mol. The second-order valence-electron chi connectivity index (χ2n) is 3.18. The van der Waals surface area contributed by atoms with Crippen molar-refractivity contribution in [1.29, 1.82) is 0 Å². The molecule has 1 aromatic rings. The average molecular weight is 229 g/mol. The van der Waals surface area contributed by atoms with Crippen LogP contribution < -0.4 is 4.74 Å². The van der Waals surface area contributed by atoms with Crippen molar-refractivity contribution in [2.24, 2.45) is 0 Å². The Morgan fingerprint density at radius 1 is 1.47 bits per heavy atom. The smallest absolute Gasteiger partial charge is 0.307 e. The van der Waals surface area contributed by atoms with Gasteiger partial charge >= 0.3 is 5.97 Å². The zero-order valence-corrected chi connectivity index (χ0v) is 9.47. The number of benzene rings is 1. The highest BCUT2D eigenvalue weighted by Crippen LogP contribution is 2.28. The second kappa shape index (κ2) is 5.03. The van der Waals surface area contributed by atoms with Gasteiger partial charge in [-0.2, -0.15) is 0 Å². The van der Waals surface area contributed by atoms with Gasteiger partial charge in [0.05, 0.1) is 18.6 Å². The molecule has 0 fully saturated rings.